The third kappa shape index (κ3) is 6.27. The van der Waals surface area contributed by atoms with E-state index in [9.17, 15) is 4.79 Å². The van der Waals surface area contributed by atoms with Gasteiger partial charge in [-0.05, 0) is 0 Å². The van der Waals surface area contributed by atoms with Gasteiger partial charge in [0.15, 0.2) is 0 Å². The molecule has 0 atom stereocenters. The number of hydrogen-bond donors (Lipinski definition) is 1. The number of rotatable bonds is 6. The molecule has 0 saturated carbocycles. The van der Waals surface area contributed by atoms with Crippen molar-refractivity contribution < 1.29 is 9.90 Å². The van der Waals surface area contributed by atoms with Crippen molar-refractivity contribution in [3.63, 3.8) is 0 Å². The van der Waals surface area contributed by atoms with Crippen LogP contribution in [0.5, 0.6) is 0 Å². The first-order valence-electron chi connectivity index (χ1n) is 3.94. The molecule has 0 heterocycles. The monoisotopic (exact) mass is 222 g/mol. The van der Waals surface area contributed by atoms with Gasteiger partial charge in [0.25, 0.3) is 0 Å². The van der Waals surface area contributed by atoms with E-state index in [-0.39, 0.29) is 0 Å². The molecule has 0 aromatic rings. The van der Waals surface area contributed by atoms with E-state index in [0.717, 1.165) is 12.8 Å². The Kier molecular flexibility index (Phi) is 6.48. The molecule has 64 valence electrons. The summed E-state index contributed by atoms with van der Waals surface area (Å²) in [5.74, 6) is -0.804. The molecule has 0 aliphatic rings. The maximum atomic E-state index is 10.3. The predicted molar refractivity (Wildman–Crippen MR) is 47.2 cm³/mol. The molecular weight excluding hydrogens is 207 g/mol. The molecule has 0 aromatic heterocycles. The molecule has 2 nitrogen and oxygen atoms in total. The van der Waals surface area contributed by atoms with Crippen LogP contribution in [-0.2, 0) is 4.79 Å². The fourth-order valence-corrected chi connectivity index (χ4v) is 1.12. The SMILES string of the molecule is CCCCCCC(=[Se])C(=O)O. The molecule has 1 N–H and O–H groups in total. The topological polar surface area (TPSA) is 37.3 Å². The number of unbranched alkanes of at least 4 members (excludes halogenated alkanes) is 3. The van der Waals surface area contributed by atoms with Crippen LogP contribution in [0.3, 0.4) is 0 Å². The van der Waals surface area contributed by atoms with Crippen LogP contribution in [0.4, 0.5) is 0 Å². The Morgan fingerprint density at radius 3 is 2.45 bits per heavy atom. The fourth-order valence-electron chi connectivity index (χ4n) is 0.819. The van der Waals surface area contributed by atoms with Gasteiger partial charge in [-0.1, -0.05) is 0 Å². The van der Waals surface area contributed by atoms with Gasteiger partial charge in [0.05, 0.1) is 0 Å². The molecule has 0 unspecified atom stereocenters. The van der Waals surface area contributed by atoms with Crippen LogP contribution < -0.4 is 0 Å². The third-order valence-electron chi connectivity index (χ3n) is 1.50. The number of carboxylic acids is 1. The van der Waals surface area contributed by atoms with E-state index in [0.29, 0.717) is 10.8 Å². The number of aliphatic carboxylic acids is 1. The van der Waals surface area contributed by atoms with E-state index in [2.05, 4.69) is 22.5 Å². The van der Waals surface area contributed by atoms with Gasteiger partial charge in [-0.25, -0.2) is 0 Å². The molecule has 0 saturated heterocycles. The van der Waals surface area contributed by atoms with Crippen molar-refractivity contribution in [2.75, 3.05) is 0 Å². The Hall–Kier alpha value is -0.141. The van der Waals surface area contributed by atoms with Crippen LogP contribution in [0, 0.1) is 0 Å². The number of hydrogen-bond acceptors (Lipinski definition) is 1. The summed E-state index contributed by atoms with van der Waals surface area (Å²) in [6.45, 7) is 2.14. The van der Waals surface area contributed by atoms with E-state index in [4.69, 9.17) is 5.11 Å². The quantitative estimate of drug-likeness (QED) is 0.543. The molecule has 0 fully saturated rings. The van der Waals surface area contributed by atoms with E-state index in [1.165, 1.54) is 12.8 Å². The van der Waals surface area contributed by atoms with Crippen molar-refractivity contribution in [3.8, 4) is 0 Å². The Balaban J connectivity index is 3.25. The molecule has 0 bridgehead atoms. The second-order valence-electron chi connectivity index (χ2n) is 2.54. The summed E-state index contributed by atoms with van der Waals surface area (Å²) >= 11 is 2.57. The molecule has 0 aliphatic heterocycles. The minimum atomic E-state index is -0.804. The summed E-state index contributed by atoms with van der Waals surface area (Å²) in [6, 6.07) is 0. The first-order valence-corrected chi connectivity index (χ1v) is 4.80. The van der Waals surface area contributed by atoms with Crippen molar-refractivity contribution in [2.24, 2.45) is 0 Å². The van der Waals surface area contributed by atoms with Crippen molar-refractivity contribution >= 4 is 26.0 Å². The zero-order valence-electron chi connectivity index (χ0n) is 6.80. The van der Waals surface area contributed by atoms with Gasteiger partial charge in [0, 0.05) is 0 Å². The first kappa shape index (κ1) is 10.9. The second-order valence-corrected chi connectivity index (χ2v) is 3.57. The van der Waals surface area contributed by atoms with E-state index in [1.54, 1.807) is 0 Å². The van der Waals surface area contributed by atoms with Crippen LogP contribution >= 0.6 is 0 Å². The molecular formula is C8H14O2Se. The van der Waals surface area contributed by atoms with E-state index < -0.39 is 5.97 Å². The summed E-state index contributed by atoms with van der Waals surface area (Å²) in [6.07, 6.45) is 5.20. The van der Waals surface area contributed by atoms with Crippen molar-refractivity contribution in [3.05, 3.63) is 0 Å². The maximum absolute atomic E-state index is 10.3. The normalized spacial score (nSPS) is 9.55. The Labute approximate surface area is 75.3 Å². The Morgan fingerprint density at radius 2 is 2.00 bits per heavy atom. The van der Waals surface area contributed by atoms with Gasteiger partial charge in [-0.3, -0.25) is 0 Å². The predicted octanol–water partition coefficient (Wildman–Crippen LogP) is 1.38. The summed E-state index contributed by atoms with van der Waals surface area (Å²) in [4.78, 5) is 10.3. The van der Waals surface area contributed by atoms with Crippen LogP contribution in [0.2, 0.25) is 0 Å². The standard InChI is InChI=1S/C8H14O2Se/c1-2-3-4-5-6-7(11)8(9)10/h2-6H2,1H3,(H,9,10). The first-order chi connectivity index (χ1) is 5.18. The minimum absolute atomic E-state index is 0.459. The van der Waals surface area contributed by atoms with Crippen molar-refractivity contribution in [1.82, 2.24) is 0 Å². The van der Waals surface area contributed by atoms with Crippen LogP contribution in [0.25, 0.3) is 0 Å². The van der Waals surface area contributed by atoms with E-state index >= 15 is 0 Å². The second kappa shape index (κ2) is 6.56. The van der Waals surface area contributed by atoms with Gasteiger partial charge in [0.2, 0.25) is 0 Å². The molecule has 0 aromatic carbocycles. The molecule has 0 spiro atoms. The Morgan fingerprint density at radius 1 is 1.36 bits per heavy atom. The zero-order chi connectivity index (χ0) is 8.69. The van der Waals surface area contributed by atoms with Gasteiger partial charge in [-0.15, -0.1) is 0 Å². The van der Waals surface area contributed by atoms with Gasteiger partial charge >= 0.3 is 74.9 Å². The van der Waals surface area contributed by atoms with Crippen molar-refractivity contribution in [2.45, 2.75) is 39.0 Å². The zero-order valence-corrected chi connectivity index (χ0v) is 8.51. The third-order valence-corrected chi connectivity index (χ3v) is 2.29. The van der Waals surface area contributed by atoms with Gasteiger partial charge in [-0.2, -0.15) is 0 Å². The number of carboxylic acid groups (broad SMARTS) is 1. The Bertz CT molecular complexity index is 143. The van der Waals surface area contributed by atoms with Crippen LogP contribution in [-0.4, -0.2) is 31.1 Å². The molecule has 0 radical (unpaired) electrons. The van der Waals surface area contributed by atoms with Crippen LogP contribution in [0.15, 0.2) is 0 Å². The van der Waals surface area contributed by atoms with Crippen LogP contribution in [0.1, 0.15) is 39.0 Å². The summed E-state index contributed by atoms with van der Waals surface area (Å²) < 4.78 is 0.459. The molecule has 0 amide bonds. The van der Waals surface area contributed by atoms with Gasteiger partial charge < -0.3 is 0 Å². The summed E-state index contributed by atoms with van der Waals surface area (Å²) in [5, 5.41) is 8.47. The number of carbonyl (C=O) groups is 1. The fraction of sp³-hybridized carbons (Fsp3) is 0.750. The van der Waals surface area contributed by atoms with E-state index in [1.807, 2.05) is 0 Å². The average Bonchev–Trinajstić information content (AvgIpc) is 1.97. The molecule has 3 heteroatoms. The van der Waals surface area contributed by atoms with Crippen molar-refractivity contribution in [1.29, 1.82) is 0 Å². The molecule has 0 aliphatic carbocycles. The molecule has 0 rings (SSSR count). The molecule has 11 heavy (non-hydrogen) atoms. The van der Waals surface area contributed by atoms with Gasteiger partial charge in [0.1, 0.15) is 0 Å². The average molecular weight is 221 g/mol. The summed E-state index contributed by atoms with van der Waals surface area (Å²) in [7, 11) is 0. The summed E-state index contributed by atoms with van der Waals surface area (Å²) in [5.41, 5.74) is 0.